The Hall–Kier alpha value is -2.20. The second kappa shape index (κ2) is 6.06. The largest absolute Gasteiger partial charge is 0.493 e. The molecule has 0 atom stereocenters. The van der Waals surface area contributed by atoms with Crippen molar-refractivity contribution in [1.29, 1.82) is 0 Å². The summed E-state index contributed by atoms with van der Waals surface area (Å²) in [7, 11) is 3.01. The van der Waals surface area contributed by atoms with Gasteiger partial charge < -0.3 is 15.2 Å². The lowest BCUT2D eigenvalue weighted by Crippen LogP contribution is -2.07. The number of rotatable bonds is 4. The number of aryl methyl sites for hydroxylation is 1. The Morgan fingerprint density at radius 2 is 1.67 bits per heavy atom. The summed E-state index contributed by atoms with van der Waals surface area (Å²) in [5.74, 6) is 0.662. The van der Waals surface area contributed by atoms with Gasteiger partial charge in [-0.15, -0.1) is 0 Å². The summed E-state index contributed by atoms with van der Waals surface area (Å²) in [6.45, 7) is 1.90. The molecular weight excluding hydrogens is 290 g/mol. The zero-order valence-corrected chi connectivity index (χ0v) is 12.8. The van der Waals surface area contributed by atoms with Gasteiger partial charge in [-0.1, -0.05) is 23.2 Å². The summed E-state index contributed by atoms with van der Waals surface area (Å²) in [5.41, 5.74) is 7.99. The molecule has 5 heteroatoms. The van der Waals surface area contributed by atoms with Gasteiger partial charge >= 0.3 is 0 Å². The molecule has 110 valence electrons. The van der Waals surface area contributed by atoms with Crippen LogP contribution in [0, 0.1) is 6.92 Å². The third kappa shape index (κ3) is 2.95. The van der Waals surface area contributed by atoms with Gasteiger partial charge in [-0.25, -0.2) is 0 Å². The van der Waals surface area contributed by atoms with E-state index in [0.717, 1.165) is 5.56 Å². The van der Waals surface area contributed by atoms with Crippen LogP contribution in [0.15, 0.2) is 30.3 Å². The van der Waals surface area contributed by atoms with E-state index >= 15 is 0 Å². The molecule has 21 heavy (non-hydrogen) atoms. The lowest BCUT2D eigenvalue weighted by atomic mass is 9.99. The predicted molar refractivity (Wildman–Crippen MR) is 83.6 cm³/mol. The molecule has 0 saturated heterocycles. The SMILES string of the molecule is COc1cc(Cl)c(C(=O)c2cc(C)ccc2N)cc1OC. The molecule has 0 aliphatic carbocycles. The number of ketones is 1. The number of carbonyl (C=O) groups excluding carboxylic acids is 1. The first-order valence-corrected chi connectivity index (χ1v) is 6.68. The van der Waals surface area contributed by atoms with E-state index < -0.39 is 0 Å². The van der Waals surface area contributed by atoms with E-state index in [0.29, 0.717) is 33.3 Å². The van der Waals surface area contributed by atoms with Crippen molar-refractivity contribution in [3.05, 3.63) is 52.0 Å². The summed E-state index contributed by atoms with van der Waals surface area (Å²) in [5, 5.41) is 0.290. The molecule has 2 N–H and O–H groups in total. The summed E-state index contributed by atoms with van der Waals surface area (Å²) < 4.78 is 10.4. The molecule has 0 radical (unpaired) electrons. The first-order chi connectivity index (χ1) is 9.97. The maximum absolute atomic E-state index is 12.6. The van der Waals surface area contributed by atoms with Crippen LogP contribution in [0.4, 0.5) is 5.69 Å². The maximum atomic E-state index is 12.6. The minimum atomic E-state index is -0.248. The van der Waals surface area contributed by atoms with Crippen molar-refractivity contribution >= 4 is 23.1 Å². The Bertz CT molecular complexity index is 698. The Balaban J connectivity index is 2.55. The number of nitrogen functional groups attached to an aromatic ring is 1. The second-order valence-electron chi connectivity index (χ2n) is 4.61. The third-order valence-corrected chi connectivity index (χ3v) is 3.48. The van der Waals surface area contributed by atoms with E-state index in [-0.39, 0.29) is 5.78 Å². The average molecular weight is 306 g/mol. The maximum Gasteiger partial charge on any atom is 0.196 e. The summed E-state index contributed by atoms with van der Waals surface area (Å²) in [6, 6.07) is 8.41. The number of carbonyl (C=O) groups is 1. The third-order valence-electron chi connectivity index (χ3n) is 3.17. The number of halogens is 1. The van der Waals surface area contributed by atoms with E-state index in [1.54, 1.807) is 24.3 Å². The fourth-order valence-electron chi connectivity index (χ4n) is 2.04. The fourth-order valence-corrected chi connectivity index (χ4v) is 2.28. The number of hydrogen-bond acceptors (Lipinski definition) is 4. The molecule has 0 saturated carbocycles. The highest BCUT2D eigenvalue weighted by Crippen LogP contribution is 2.34. The van der Waals surface area contributed by atoms with Crippen LogP contribution in [-0.2, 0) is 0 Å². The fraction of sp³-hybridized carbons (Fsp3) is 0.188. The Kier molecular flexibility index (Phi) is 4.38. The number of anilines is 1. The molecule has 0 aliphatic rings. The molecule has 0 aromatic heterocycles. The van der Waals surface area contributed by atoms with Crippen LogP contribution in [-0.4, -0.2) is 20.0 Å². The van der Waals surface area contributed by atoms with Gasteiger partial charge in [-0.3, -0.25) is 4.79 Å². The van der Waals surface area contributed by atoms with Crippen molar-refractivity contribution in [3.63, 3.8) is 0 Å². The van der Waals surface area contributed by atoms with Gasteiger partial charge in [-0.05, 0) is 25.1 Å². The van der Waals surface area contributed by atoms with E-state index in [4.69, 9.17) is 26.8 Å². The van der Waals surface area contributed by atoms with Gasteiger partial charge in [0.15, 0.2) is 17.3 Å². The summed E-state index contributed by atoms with van der Waals surface area (Å²) in [4.78, 5) is 12.6. The average Bonchev–Trinajstić information content (AvgIpc) is 2.48. The van der Waals surface area contributed by atoms with Gasteiger partial charge in [0.05, 0.1) is 19.2 Å². The lowest BCUT2D eigenvalue weighted by molar-refractivity contribution is 0.103. The predicted octanol–water partition coefficient (Wildman–Crippen LogP) is 3.48. The van der Waals surface area contributed by atoms with Crippen LogP contribution in [0.1, 0.15) is 21.5 Å². The smallest absolute Gasteiger partial charge is 0.196 e. The molecule has 2 rings (SSSR count). The lowest BCUT2D eigenvalue weighted by Gasteiger charge is -2.12. The second-order valence-corrected chi connectivity index (χ2v) is 5.01. The number of methoxy groups -OCH3 is 2. The Labute approximate surface area is 128 Å². The van der Waals surface area contributed by atoms with E-state index in [1.807, 2.05) is 13.0 Å². The zero-order valence-electron chi connectivity index (χ0n) is 12.1. The number of benzene rings is 2. The van der Waals surface area contributed by atoms with Crippen LogP contribution < -0.4 is 15.2 Å². The van der Waals surface area contributed by atoms with Crippen LogP contribution in [0.5, 0.6) is 11.5 Å². The molecule has 0 fully saturated rings. The molecule has 4 nitrogen and oxygen atoms in total. The van der Waals surface area contributed by atoms with Crippen molar-refractivity contribution < 1.29 is 14.3 Å². The van der Waals surface area contributed by atoms with E-state index in [2.05, 4.69) is 0 Å². The summed E-state index contributed by atoms with van der Waals surface area (Å²) in [6.07, 6.45) is 0. The summed E-state index contributed by atoms with van der Waals surface area (Å²) >= 11 is 6.18. The molecule has 2 aromatic carbocycles. The van der Waals surface area contributed by atoms with Gasteiger partial charge in [0, 0.05) is 22.9 Å². The molecular formula is C16H16ClNO3. The van der Waals surface area contributed by atoms with Crippen LogP contribution in [0.25, 0.3) is 0 Å². The number of ether oxygens (including phenoxy) is 2. The molecule has 2 aromatic rings. The van der Waals surface area contributed by atoms with E-state index in [1.165, 1.54) is 14.2 Å². The Morgan fingerprint density at radius 1 is 1.05 bits per heavy atom. The topological polar surface area (TPSA) is 61.5 Å². The van der Waals surface area contributed by atoms with Crippen LogP contribution in [0.3, 0.4) is 0 Å². The highest BCUT2D eigenvalue weighted by Gasteiger charge is 2.19. The van der Waals surface area contributed by atoms with Crippen molar-refractivity contribution in [2.75, 3.05) is 20.0 Å². The quantitative estimate of drug-likeness (QED) is 0.694. The first-order valence-electron chi connectivity index (χ1n) is 6.30. The molecule has 0 heterocycles. The molecule has 0 amide bonds. The van der Waals surface area contributed by atoms with Crippen LogP contribution in [0.2, 0.25) is 5.02 Å². The van der Waals surface area contributed by atoms with Gasteiger partial charge in [0.1, 0.15) is 0 Å². The van der Waals surface area contributed by atoms with Gasteiger partial charge in [0.25, 0.3) is 0 Å². The zero-order chi connectivity index (χ0) is 15.6. The standard InChI is InChI=1S/C16H16ClNO3/c1-9-4-5-13(18)11(6-9)16(19)10-7-14(20-2)15(21-3)8-12(10)17/h4-8H,18H2,1-3H3. The van der Waals surface area contributed by atoms with Gasteiger partial charge in [0.2, 0.25) is 0 Å². The Morgan fingerprint density at radius 3 is 2.29 bits per heavy atom. The van der Waals surface area contributed by atoms with Crippen molar-refractivity contribution in [3.8, 4) is 11.5 Å². The van der Waals surface area contributed by atoms with Crippen molar-refractivity contribution in [1.82, 2.24) is 0 Å². The molecule has 0 bridgehead atoms. The highest BCUT2D eigenvalue weighted by molar-refractivity contribution is 6.35. The normalized spacial score (nSPS) is 10.3. The van der Waals surface area contributed by atoms with Gasteiger partial charge in [-0.2, -0.15) is 0 Å². The van der Waals surface area contributed by atoms with Crippen molar-refractivity contribution in [2.45, 2.75) is 6.92 Å². The van der Waals surface area contributed by atoms with Crippen molar-refractivity contribution in [2.24, 2.45) is 0 Å². The van der Waals surface area contributed by atoms with E-state index in [9.17, 15) is 4.79 Å². The first kappa shape index (κ1) is 15.2. The molecule has 0 unspecified atom stereocenters. The highest BCUT2D eigenvalue weighted by atomic mass is 35.5. The minimum Gasteiger partial charge on any atom is -0.493 e. The number of hydrogen-bond donors (Lipinski definition) is 1. The molecule has 0 aliphatic heterocycles. The monoisotopic (exact) mass is 305 g/mol. The molecule has 0 spiro atoms. The minimum absolute atomic E-state index is 0.248. The number of nitrogens with two attached hydrogens (primary N) is 1. The van der Waals surface area contributed by atoms with Crippen LogP contribution >= 0.6 is 11.6 Å².